The van der Waals surface area contributed by atoms with E-state index >= 15 is 0 Å². The zero-order valence-electron chi connectivity index (χ0n) is 36.0. The van der Waals surface area contributed by atoms with Gasteiger partial charge in [-0.25, -0.2) is 4.57 Å². The lowest BCUT2D eigenvalue weighted by Crippen LogP contribution is -2.64. The summed E-state index contributed by atoms with van der Waals surface area (Å²) in [6.45, 7) is 3.71. The van der Waals surface area contributed by atoms with Gasteiger partial charge in [0, 0.05) is 0 Å². The van der Waals surface area contributed by atoms with Crippen LogP contribution in [-0.2, 0) is 18.4 Å². The molecule has 342 valence electrons. The van der Waals surface area contributed by atoms with Crippen LogP contribution in [0.2, 0.25) is 0 Å². The van der Waals surface area contributed by atoms with Crippen molar-refractivity contribution in [1.82, 2.24) is 5.32 Å². The molecular weight excluding hydrogens is 765 g/mol. The number of hydrogen-bond acceptors (Lipinski definition) is 11. The number of phosphoric ester groups is 1. The van der Waals surface area contributed by atoms with Crippen LogP contribution in [0.5, 0.6) is 0 Å². The van der Waals surface area contributed by atoms with Gasteiger partial charge in [0.15, 0.2) is 0 Å². The molecule has 0 heterocycles. The lowest BCUT2D eigenvalue weighted by atomic mass is 9.85. The molecule has 0 saturated heterocycles. The Balaban J connectivity index is 2.40. The van der Waals surface area contributed by atoms with Gasteiger partial charge in [0.1, 0.15) is 36.6 Å². The first kappa shape index (κ1) is 54.8. The smallest absolute Gasteiger partial charge is 0.393 e. The van der Waals surface area contributed by atoms with Crippen molar-refractivity contribution in [3.8, 4) is 0 Å². The standard InChI is InChI=1S/C44H84NO12P/c1-3-5-7-9-11-12-13-14-15-16-17-18-19-20-21-22-23-24-26-27-29-31-35(46)33-38(48)45-36(37(47)32-30-28-25-10-8-6-4-2)34-56-58(54,55)57-44-42(52)40(50)39(49)41(51)43(44)53/h17-18,20-21,35-37,39-44,46-47,49-53H,3-16,19,22-34H2,1-2H3,(H,45,48)(H,54,55)/b18-17-,21-20-. The molecule has 0 aromatic heterocycles. The van der Waals surface area contributed by atoms with E-state index in [1.165, 1.54) is 64.2 Å². The molecule has 8 unspecified atom stereocenters. The summed E-state index contributed by atoms with van der Waals surface area (Å²) in [6.07, 6.45) is 22.8. The number of unbranched alkanes of at least 4 members (excludes halogenated alkanes) is 20. The minimum atomic E-state index is -5.11. The highest BCUT2D eigenvalue weighted by atomic mass is 31.2. The fourth-order valence-electron chi connectivity index (χ4n) is 7.27. The van der Waals surface area contributed by atoms with E-state index in [2.05, 4.69) is 43.5 Å². The Bertz CT molecular complexity index is 1100. The van der Waals surface area contributed by atoms with Gasteiger partial charge in [0.25, 0.3) is 0 Å². The first-order chi connectivity index (χ1) is 27.8. The fourth-order valence-corrected chi connectivity index (χ4v) is 8.24. The molecule has 0 radical (unpaired) electrons. The third kappa shape index (κ3) is 26.2. The van der Waals surface area contributed by atoms with Crippen molar-refractivity contribution >= 4 is 13.7 Å². The van der Waals surface area contributed by atoms with Crippen molar-refractivity contribution in [1.29, 1.82) is 0 Å². The topological polar surface area (TPSA) is 226 Å². The molecule has 0 bridgehead atoms. The Morgan fingerprint density at radius 1 is 0.603 bits per heavy atom. The number of rotatable bonds is 37. The number of carbonyl (C=O) groups is 1. The highest BCUT2D eigenvalue weighted by Gasteiger charge is 2.51. The molecule has 58 heavy (non-hydrogen) atoms. The van der Waals surface area contributed by atoms with Crippen molar-refractivity contribution in [3.63, 3.8) is 0 Å². The van der Waals surface area contributed by atoms with Gasteiger partial charge in [-0.15, -0.1) is 0 Å². The monoisotopic (exact) mass is 850 g/mol. The first-order valence-corrected chi connectivity index (χ1v) is 24.4. The Hall–Kier alpha value is -1.22. The molecule has 0 aliphatic heterocycles. The summed E-state index contributed by atoms with van der Waals surface area (Å²) in [7, 11) is -5.11. The number of nitrogens with one attached hydrogen (secondary N) is 1. The third-order valence-electron chi connectivity index (χ3n) is 11.1. The second kappa shape index (κ2) is 34.4. The molecule has 0 spiro atoms. The molecule has 1 aliphatic rings. The average molecular weight is 850 g/mol. The van der Waals surface area contributed by atoms with Gasteiger partial charge in [-0.2, -0.15) is 0 Å². The second-order valence-electron chi connectivity index (χ2n) is 16.4. The third-order valence-corrected chi connectivity index (χ3v) is 12.1. The van der Waals surface area contributed by atoms with E-state index in [9.17, 15) is 50.0 Å². The van der Waals surface area contributed by atoms with Gasteiger partial charge >= 0.3 is 7.82 Å². The number of carbonyl (C=O) groups excluding carboxylic acids is 1. The maximum Gasteiger partial charge on any atom is 0.472 e. The summed E-state index contributed by atoms with van der Waals surface area (Å²) in [5.74, 6) is -0.572. The summed E-state index contributed by atoms with van der Waals surface area (Å²) in [4.78, 5) is 23.3. The zero-order valence-corrected chi connectivity index (χ0v) is 36.9. The number of aliphatic hydroxyl groups is 7. The van der Waals surface area contributed by atoms with E-state index in [0.717, 1.165) is 83.5 Å². The zero-order chi connectivity index (χ0) is 43.0. The van der Waals surface area contributed by atoms with Crippen LogP contribution in [0.4, 0.5) is 0 Å². The molecule has 1 saturated carbocycles. The largest absolute Gasteiger partial charge is 0.472 e. The highest BCUT2D eigenvalue weighted by molar-refractivity contribution is 7.47. The Kier molecular flexibility index (Phi) is 32.5. The summed E-state index contributed by atoms with van der Waals surface area (Å²) >= 11 is 0. The number of aliphatic hydroxyl groups excluding tert-OH is 7. The molecule has 9 N–H and O–H groups in total. The van der Waals surface area contributed by atoms with Gasteiger partial charge in [0.05, 0.1) is 31.3 Å². The molecule has 1 rings (SSSR count). The summed E-state index contributed by atoms with van der Waals surface area (Å²) in [5, 5.41) is 74.2. The minimum absolute atomic E-state index is 0.231. The van der Waals surface area contributed by atoms with E-state index in [1.54, 1.807) is 0 Å². The van der Waals surface area contributed by atoms with Crippen molar-refractivity contribution in [2.75, 3.05) is 6.61 Å². The van der Waals surface area contributed by atoms with E-state index in [-0.39, 0.29) is 12.8 Å². The van der Waals surface area contributed by atoms with Gasteiger partial charge in [-0.05, 0) is 44.9 Å². The van der Waals surface area contributed by atoms with Crippen LogP contribution in [0.1, 0.15) is 187 Å². The minimum Gasteiger partial charge on any atom is -0.393 e. The first-order valence-electron chi connectivity index (χ1n) is 22.9. The van der Waals surface area contributed by atoms with Gasteiger partial charge in [0.2, 0.25) is 5.91 Å². The van der Waals surface area contributed by atoms with Gasteiger partial charge < -0.3 is 46.0 Å². The van der Waals surface area contributed by atoms with E-state index < -0.39 is 75.2 Å². The Morgan fingerprint density at radius 2 is 1.02 bits per heavy atom. The van der Waals surface area contributed by atoms with Gasteiger partial charge in [-0.3, -0.25) is 13.8 Å². The predicted molar refractivity (Wildman–Crippen MR) is 229 cm³/mol. The molecule has 0 aromatic rings. The molecule has 1 amide bonds. The van der Waals surface area contributed by atoms with E-state index in [1.807, 2.05) is 0 Å². The Labute approximate surface area is 350 Å². The normalized spacial score (nSPS) is 24.0. The summed E-state index contributed by atoms with van der Waals surface area (Å²) in [6, 6.07) is -1.15. The second-order valence-corrected chi connectivity index (χ2v) is 17.8. The molecule has 1 aliphatic carbocycles. The summed E-state index contributed by atoms with van der Waals surface area (Å²) < 4.78 is 22.8. The predicted octanol–water partition coefficient (Wildman–Crippen LogP) is 7.20. The van der Waals surface area contributed by atoms with Crippen LogP contribution in [0, 0.1) is 0 Å². The number of amides is 1. The maximum atomic E-state index is 12.9. The van der Waals surface area contributed by atoms with Crippen molar-refractivity contribution in [2.24, 2.45) is 0 Å². The highest BCUT2D eigenvalue weighted by Crippen LogP contribution is 2.47. The molecule has 0 aromatic carbocycles. The van der Waals surface area contributed by atoms with Crippen LogP contribution in [0.3, 0.4) is 0 Å². The van der Waals surface area contributed by atoms with E-state index in [4.69, 9.17) is 9.05 Å². The van der Waals surface area contributed by atoms with Crippen LogP contribution < -0.4 is 5.32 Å². The number of hydrogen-bond donors (Lipinski definition) is 9. The van der Waals surface area contributed by atoms with Crippen molar-refractivity contribution < 1.29 is 59.0 Å². The maximum absolute atomic E-state index is 12.9. The molecule has 13 nitrogen and oxygen atoms in total. The van der Waals surface area contributed by atoms with Crippen LogP contribution in [0.15, 0.2) is 24.3 Å². The molecular formula is C44H84NO12P. The fraction of sp³-hybridized carbons (Fsp3) is 0.886. The molecule has 14 heteroatoms. The van der Waals surface area contributed by atoms with Crippen LogP contribution in [-0.4, -0.2) is 108 Å². The van der Waals surface area contributed by atoms with Crippen molar-refractivity contribution in [3.05, 3.63) is 24.3 Å². The van der Waals surface area contributed by atoms with E-state index in [0.29, 0.717) is 12.8 Å². The quantitative estimate of drug-likeness (QED) is 0.0172. The van der Waals surface area contributed by atoms with Crippen LogP contribution in [0.25, 0.3) is 0 Å². The van der Waals surface area contributed by atoms with Gasteiger partial charge in [-0.1, -0.05) is 160 Å². The lowest BCUT2D eigenvalue weighted by molar-refractivity contribution is -0.220. The number of phosphoric acid groups is 1. The summed E-state index contributed by atoms with van der Waals surface area (Å²) in [5.41, 5.74) is 0. The molecule has 8 atom stereocenters. The van der Waals surface area contributed by atoms with Crippen LogP contribution >= 0.6 is 7.82 Å². The SMILES string of the molecule is CCCCCCCCCCC/C=C\C/C=C\CCCCCCCC(O)CC(=O)NC(COP(=O)(O)OC1C(O)C(O)C(O)C(O)C1O)C(O)CCCCCCCCC. The molecule has 1 fully saturated rings. The average Bonchev–Trinajstić information content (AvgIpc) is 3.19. The van der Waals surface area contributed by atoms with Crippen molar-refractivity contribution in [2.45, 2.75) is 242 Å². The number of allylic oxidation sites excluding steroid dienone is 4. The lowest BCUT2D eigenvalue weighted by Gasteiger charge is -2.41. The Morgan fingerprint density at radius 3 is 1.50 bits per heavy atom.